The van der Waals surface area contributed by atoms with Crippen LogP contribution in [-0.2, 0) is 11.2 Å². The van der Waals surface area contributed by atoms with Gasteiger partial charge in [0.2, 0.25) is 5.91 Å². The molecule has 0 bridgehead atoms. The zero-order valence-electron chi connectivity index (χ0n) is 12.9. The first-order valence-corrected chi connectivity index (χ1v) is 8.68. The van der Waals surface area contributed by atoms with Crippen LogP contribution < -0.4 is 10.6 Å². The minimum atomic E-state index is 0.0397. The van der Waals surface area contributed by atoms with Gasteiger partial charge in [0.25, 0.3) is 0 Å². The van der Waals surface area contributed by atoms with Gasteiger partial charge in [-0.1, -0.05) is 41.1 Å². The third-order valence-electron chi connectivity index (χ3n) is 4.38. The van der Waals surface area contributed by atoms with Gasteiger partial charge >= 0.3 is 0 Å². The monoisotopic (exact) mass is 352 g/mol. The quantitative estimate of drug-likeness (QED) is 0.853. The molecule has 1 amide bonds. The van der Waals surface area contributed by atoms with Crippen molar-refractivity contribution in [2.45, 2.75) is 51.6 Å². The lowest BCUT2D eigenvalue weighted by atomic mass is 9.94. The molecular weight excluding hydrogens is 328 g/mol. The summed E-state index contributed by atoms with van der Waals surface area (Å²) in [4.78, 5) is 12.5. The molecule has 1 saturated heterocycles. The summed E-state index contributed by atoms with van der Waals surface area (Å²) in [6, 6.07) is 8.78. The van der Waals surface area contributed by atoms with Gasteiger partial charge in [-0.3, -0.25) is 4.79 Å². The SMILES string of the molecule is CCC(Cc1ccccc1Br)C(=O)NC1CCCNC1C. The molecule has 1 aliphatic rings. The van der Waals surface area contributed by atoms with Gasteiger partial charge in [-0.2, -0.15) is 0 Å². The van der Waals surface area contributed by atoms with Crippen LogP contribution in [0.2, 0.25) is 0 Å². The highest BCUT2D eigenvalue weighted by molar-refractivity contribution is 9.10. The fraction of sp³-hybridized carbons (Fsp3) is 0.588. The predicted octanol–water partition coefficient (Wildman–Crippen LogP) is 3.27. The second-order valence-corrected chi connectivity index (χ2v) is 6.76. The van der Waals surface area contributed by atoms with E-state index in [9.17, 15) is 4.79 Å². The van der Waals surface area contributed by atoms with E-state index in [0.717, 1.165) is 36.7 Å². The van der Waals surface area contributed by atoms with Crippen LogP contribution in [0.25, 0.3) is 0 Å². The van der Waals surface area contributed by atoms with E-state index in [1.165, 1.54) is 5.56 Å². The van der Waals surface area contributed by atoms with E-state index in [0.29, 0.717) is 6.04 Å². The minimum Gasteiger partial charge on any atom is -0.352 e. The van der Waals surface area contributed by atoms with Crippen molar-refractivity contribution in [1.29, 1.82) is 0 Å². The Hall–Kier alpha value is -0.870. The molecule has 0 aliphatic carbocycles. The molecule has 0 saturated carbocycles. The second kappa shape index (κ2) is 7.95. The van der Waals surface area contributed by atoms with Crippen molar-refractivity contribution in [1.82, 2.24) is 10.6 Å². The number of halogens is 1. The Morgan fingerprint density at radius 3 is 2.90 bits per heavy atom. The van der Waals surface area contributed by atoms with Gasteiger partial charge in [-0.25, -0.2) is 0 Å². The number of rotatable bonds is 5. The molecule has 116 valence electrons. The number of benzene rings is 1. The number of piperidine rings is 1. The van der Waals surface area contributed by atoms with Gasteiger partial charge < -0.3 is 10.6 Å². The summed E-state index contributed by atoms with van der Waals surface area (Å²) < 4.78 is 1.09. The van der Waals surface area contributed by atoms with Crippen LogP contribution in [0.3, 0.4) is 0 Å². The third-order valence-corrected chi connectivity index (χ3v) is 5.15. The summed E-state index contributed by atoms with van der Waals surface area (Å²) in [5, 5.41) is 6.67. The lowest BCUT2D eigenvalue weighted by Gasteiger charge is -2.32. The molecule has 2 rings (SSSR count). The summed E-state index contributed by atoms with van der Waals surface area (Å²) in [6.07, 6.45) is 3.86. The van der Waals surface area contributed by atoms with Crippen molar-refractivity contribution in [3.8, 4) is 0 Å². The Morgan fingerprint density at radius 1 is 1.48 bits per heavy atom. The average molecular weight is 353 g/mol. The zero-order valence-corrected chi connectivity index (χ0v) is 14.4. The maximum atomic E-state index is 12.5. The minimum absolute atomic E-state index is 0.0397. The molecule has 1 heterocycles. The Balaban J connectivity index is 1.97. The average Bonchev–Trinajstić information content (AvgIpc) is 2.48. The van der Waals surface area contributed by atoms with E-state index in [1.807, 2.05) is 18.2 Å². The number of hydrogen-bond acceptors (Lipinski definition) is 2. The van der Waals surface area contributed by atoms with Crippen LogP contribution in [-0.4, -0.2) is 24.5 Å². The summed E-state index contributed by atoms with van der Waals surface area (Å²) in [5.41, 5.74) is 1.20. The van der Waals surface area contributed by atoms with Crippen molar-refractivity contribution in [3.63, 3.8) is 0 Å². The van der Waals surface area contributed by atoms with Crippen molar-refractivity contribution in [2.24, 2.45) is 5.92 Å². The fourth-order valence-corrected chi connectivity index (χ4v) is 3.34. The molecule has 4 heteroatoms. The normalized spacial score (nSPS) is 23.6. The Bertz CT molecular complexity index is 478. The molecule has 1 aromatic rings. The Kier molecular flexibility index (Phi) is 6.24. The van der Waals surface area contributed by atoms with Crippen LogP contribution in [0.1, 0.15) is 38.7 Å². The molecule has 0 spiro atoms. The van der Waals surface area contributed by atoms with Crippen LogP contribution in [0.4, 0.5) is 0 Å². The summed E-state index contributed by atoms with van der Waals surface area (Å²) >= 11 is 3.57. The Labute approximate surface area is 136 Å². The van der Waals surface area contributed by atoms with E-state index in [2.05, 4.69) is 46.5 Å². The van der Waals surface area contributed by atoms with Crippen LogP contribution in [0.5, 0.6) is 0 Å². The number of hydrogen-bond donors (Lipinski definition) is 2. The molecule has 1 fully saturated rings. The smallest absolute Gasteiger partial charge is 0.223 e. The molecular formula is C17H25BrN2O. The topological polar surface area (TPSA) is 41.1 Å². The van der Waals surface area contributed by atoms with Gasteiger partial charge in [0.1, 0.15) is 0 Å². The standard InChI is InChI=1S/C17H25BrN2O/c1-3-13(11-14-7-4-5-8-15(14)18)17(21)20-16-9-6-10-19-12(16)2/h4-5,7-8,12-13,16,19H,3,6,9-11H2,1-2H3,(H,20,21). The summed E-state index contributed by atoms with van der Waals surface area (Å²) in [7, 11) is 0. The maximum absolute atomic E-state index is 12.5. The van der Waals surface area contributed by atoms with Crippen LogP contribution >= 0.6 is 15.9 Å². The molecule has 2 N–H and O–H groups in total. The molecule has 1 aliphatic heterocycles. The Morgan fingerprint density at radius 2 is 2.24 bits per heavy atom. The fourth-order valence-electron chi connectivity index (χ4n) is 2.89. The summed E-state index contributed by atoms with van der Waals surface area (Å²) in [5.74, 6) is 0.228. The zero-order chi connectivity index (χ0) is 15.2. The lowest BCUT2D eigenvalue weighted by Crippen LogP contribution is -2.53. The summed E-state index contributed by atoms with van der Waals surface area (Å²) in [6.45, 7) is 5.30. The first-order valence-electron chi connectivity index (χ1n) is 7.89. The lowest BCUT2D eigenvalue weighted by molar-refractivity contribution is -0.126. The highest BCUT2D eigenvalue weighted by Crippen LogP contribution is 2.21. The van der Waals surface area contributed by atoms with Crippen molar-refractivity contribution < 1.29 is 4.79 Å². The van der Waals surface area contributed by atoms with E-state index >= 15 is 0 Å². The van der Waals surface area contributed by atoms with E-state index < -0.39 is 0 Å². The van der Waals surface area contributed by atoms with Gasteiger partial charge in [-0.15, -0.1) is 0 Å². The number of nitrogens with one attached hydrogen (secondary N) is 2. The van der Waals surface area contributed by atoms with Crippen molar-refractivity contribution >= 4 is 21.8 Å². The highest BCUT2D eigenvalue weighted by atomic mass is 79.9. The predicted molar refractivity (Wildman–Crippen MR) is 90.3 cm³/mol. The van der Waals surface area contributed by atoms with Gasteiger partial charge in [0.15, 0.2) is 0 Å². The molecule has 0 radical (unpaired) electrons. The van der Waals surface area contributed by atoms with Gasteiger partial charge in [0.05, 0.1) is 0 Å². The van der Waals surface area contributed by atoms with E-state index in [1.54, 1.807) is 0 Å². The van der Waals surface area contributed by atoms with Crippen molar-refractivity contribution in [3.05, 3.63) is 34.3 Å². The highest BCUT2D eigenvalue weighted by Gasteiger charge is 2.25. The number of amides is 1. The molecule has 3 nitrogen and oxygen atoms in total. The molecule has 0 aromatic heterocycles. The molecule has 3 atom stereocenters. The first kappa shape index (κ1) is 16.5. The largest absolute Gasteiger partial charge is 0.352 e. The van der Waals surface area contributed by atoms with E-state index in [-0.39, 0.29) is 17.9 Å². The van der Waals surface area contributed by atoms with E-state index in [4.69, 9.17) is 0 Å². The maximum Gasteiger partial charge on any atom is 0.223 e. The third kappa shape index (κ3) is 4.55. The van der Waals surface area contributed by atoms with Gasteiger partial charge in [-0.05, 0) is 50.8 Å². The van der Waals surface area contributed by atoms with Gasteiger partial charge in [0, 0.05) is 22.5 Å². The van der Waals surface area contributed by atoms with Crippen LogP contribution in [0.15, 0.2) is 28.7 Å². The van der Waals surface area contributed by atoms with Crippen molar-refractivity contribution in [2.75, 3.05) is 6.54 Å². The molecule has 3 unspecified atom stereocenters. The molecule has 1 aromatic carbocycles. The number of carbonyl (C=O) groups is 1. The number of carbonyl (C=O) groups excluding carboxylic acids is 1. The van der Waals surface area contributed by atoms with Crippen LogP contribution in [0, 0.1) is 5.92 Å². The second-order valence-electron chi connectivity index (χ2n) is 5.90. The first-order chi connectivity index (χ1) is 10.1. The molecule has 21 heavy (non-hydrogen) atoms.